The zero-order valence-electron chi connectivity index (χ0n) is 11.0. The highest BCUT2D eigenvalue weighted by Gasteiger charge is 2.32. The number of aromatic nitrogens is 3. The molecule has 0 aliphatic heterocycles. The molecule has 0 aliphatic carbocycles. The van der Waals surface area contributed by atoms with Crippen LogP contribution < -0.4 is 4.74 Å². The van der Waals surface area contributed by atoms with Crippen LogP contribution in [0.25, 0.3) is 22.2 Å². The molecular weight excluding hydrogens is 319 g/mol. The van der Waals surface area contributed by atoms with Gasteiger partial charge in [0.25, 0.3) is 0 Å². The van der Waals surface area contributed by atoms with Crippen LogP contribution in [0.1, 0.15) is 0 Å². The fourth-order valence-electron chi connectivity index (χ4n) is 2.15. The molecule has 0 bridgehead atoms. The smallest absolute Gasteiger partial charge is 0.476 e. The lowest BCUT2D eigenvalue weighted by Crippen LogP contribution is -2.17. The van der Waals surface area contributed by atoms with Gasteiger partial charge in [-0.2, -0.15) is 9.78 Å². The summed E-state index contributed by atoms with van der Waals surface area (Å²) in [5.41, 5.74) is 1.19. The highest BCUT2D eigenvalue weighted by atomic mass is 35.5. The van der Waals surface area contributed by atoms with Gasteiger partial charge in [0, 0.05) is 11.6 Å². The van der Waals surface area contributed by atoms with Gasteiger partial charge in [0.1, 0.15) is 5.75 Å². The molecule has 8 heteroatoms. The molecule has 1 aromatic carbocycles. The number of hydrogen-bond donors (Lipinski definition) is 0. The molecule has 4 nitrogen and oxygen atoms in total. The maximum atomic E-state index is 12.7. The molecule has 0 saturated carbocycles. The van der Waals surface area contributed by atoms with Crippen molar-refractivity contribution >= 4 is 22.5 Å². The number of alkyl halides is 4. The van der Waals surface area contributed by atoms with Crippen molar-refractivity contribution in [1.82, 2.24) is 14.8 Å². The van der Waals surface area contributed by atoms with Crippen molar-refractivity contribution in [2.75, 3.05) is 6.07 Å². The summed E-state index contributed by atoms with van der Waals surface area (Å²) >= 11 is 5.57. The lowest BCUT2D eigenvalue weighted by atomic mass is 10.1. The lowest BCUT2D eigenvalue weighted by molar-refractivity contribution is -0.212. The van der Waals surface area contributed by atoms with E-state index < -0.39 is 6.30 Å². The fourth-order valence-corrected chi connectivity index (χ4v) is 2.27. The first kappa shape index (κ1) is 14.6. The Balaban J connectivity index is 2.23. The molecule has 0 N–H and O–H groups in total. The number of rotatable bonds is 3. The predicted octanol–water partition coefficient (Wildman–Crippen LogP) is 4.15. The van der Waals surface area contributed by atoms with Gasteiger partial charge < -0.3 is 4.74 Å². The van der Waals surface area contributed by atoms with Gasteiger partial charge in [-0.25, -0.2) is 0 Å². The summed E-state index contributed by atoms with van der Waals surface area (Å²) in [7, 11) is 0. The molecule has 22 heavy (non-hydrogen) atoms. The SMILES string of the molecule is FC(F)(F)n1ccc(-c2c(OCCl)cnc3ccccc23)n1. The van der Waals surface area contributed by atoms with Crippen LogP contribution in [0.4, 0.5) is 13.2 Å². The maximum absolute atomic E-state index is 12.7. The summed E-state index contributed by atoms with van der Waals surface area (Å²) in [6.45, 7) is 0. The Bertz CT molecular complexity index is 816. The Kier molecular flexibility index (Phi) is 3.66. The maximum Gasteiger partial charge on any atom is 0.504 e. The van der Waals surface area contributed by atoms with Crippen LogP contribution in [0.5, 0.6) is 5.75 Å². The molecule has 0 radical (unpaired) electrons. The second-order valence-electron chi connectivity index (χ2n) is 4.38. The Morgan fingerprint density at radius 2 is 1.95 bits per heavy atom. The average molecular weight is 328 g/mol. The van der Waals surface area contributed by atoms with Gasteiger partial charge in [0.15, 0.2) is 6.07 Å². The van der Waals surface area contributed by atoms with Gasteiger partial charge >= 0.3 is 6.30 Å². The number of halogens is 4. The molecule has 114 valence electrons. The third-order valence-corrected chi connectivity index (χ3v) is 3.16. The Morgan fingerprint density at radius 1 is 1.18 bits per heavy atom. The summed E-state index contributed by atoms with van der Waals surface area (Å²) in [6.07, 6.45) is -2.30. The predicted molar refractivity (Wildman–Crippen MR) is 75.6 cm³/mol. The number of para-hydroxylation sites is 1. The number of benzene rings is 1. The monoisotopic (exact) mass is 327 g/mol. The number of pyridine rings is 1. The van der Waals surface area contributed by atoms with Crippen molar-refractivity contribution in [3.05, 3.63) is 42.7 Å². The first-order chi connectivity index (χ1) is 10.5. The van der Waals surface area contributed by atoms with E-state index in [9.17, 15) is 13.2 Å². The van der Waals surface area contributed by atoms with Gasteiger partial charge in [-0.15, -0.1) is 13.2 Å². The Labute approximate surface area is 128 Å². The first-order valence-corrected chi connectivity index (χ1v) is 6.74. The van der Waals surface area contributed by atoms with Crippen molar-refractivity contribution in [2.24, 2.45) is 0 Å². The van der Waals surface area contributed by atoms with Crippen molar-refractivity contribution in [2.45, 2.75) is 6.30 Å². The minimum Gasteiger partial charge on any atom is -0.476 e. The molecule has 0 atom stereocenters. The van der Waals surface area contributed by atoms with Gasteiger partial charge in [-0.1, -0.05) is 29.8 Å². The van der Waals surface area contributed by atoms with E-state index in [4.69, 9.17) is 16.3 Å². The standard InChI is InChI=1S/C14H9ClF3N3O/c15-8-22-12-7-19-10-4-2-1-3-9(10)13(12)11-5-6-21(20-11)14(16,17)18/h1-7H,8H2. The number of ether oxygens (including phenoxy) is 1. The molecule has 0 amide bonds. The molecule has 2 heterocycles. The van der Waals surface area contributed by atoms with E-state index >= 15 is 0 Å². The van der Waals surface area contributed by atoms with E-state index in [1.54, 1.807) is 24.3 Å². The van der Waals surface area contributed by atoms with Crippen molar-refractivity contribution in [1.29, 1.82) is 0 Å². The summed E-state index contributed by atoms with van der Waals surface area (Å²) in [6, 6.07) is 8.17. The average Bonchev–Trinajstić information content (AvgIpc) is 2.97. The van der Waals surface area contributed by atoms with Crippen molar-refractivity contribution < 1.29 is 17.9 Å². The van der Waals surface area contributed by atoms with Gasteiger partial charge in [0.05, 0.1) is 23.0 Å². The third kappa shape index (κ3) is 2.59. The van der Waals surface area contributed by atoms with Gasteiger partial charge in [-0.05, 0) is 12.1 Å². The number of nitrogens with zero attached hydrogens (tertiary/aromatic N) is 3. The van der Waals surface area contributed by atoms with E-state index in [1.165, 1.54) is 12.3 Å². The zero-order chi connectivity index (χ0) is 15.7. The minimum absolute atomic E-state index is 0.0536. The summed E-state index contributed by atoms with van der Waals surface area (Å²) in [5, 5.41) is 4.22. The number of hydrogen-bond acceptors (Lipinski definition) is 3. The van der Waals surface area contributed by atoms with Gasteiger partial charge in [-0.3, -0.25) is 4.98 Å². The second kappa shape index (κ2) is 5.49. The molecule has 0 saturated heterocycles. The van der Waals surface area contributed by atoms with E-state index in [-0.39, 0.29) is 22.2 Å². The molecule has 0 fully saturated rings. The molecule has 2 aromatic heterocycles. The summed E-state index contributed by atoms with van der Waals surface area (Å²) in [5.74, 6) is 0.279. The van der Waals surface area contributed by atoms with Crippen LogP contribution in [-0.2, 0) is 6.30 Å². The molecule has 3 rings (SSSR count). The third-order valence-electron chi connectivity index (χ3n) is 3.06. The Hall–Kier alpha value is -2.28. The molecule has 3 aromatic rings. The van der Waals surface area contributed by atoms with Crippen LogP contribution in [0.2, 0.25) is 0 Å². The minimum atomic E-state index is -4.57. The lowest BCUT2D eigenvalue weighted by Gasteiger charge is -2.11. The quantitative estimate of drug-likeness (QED) is 0.678. The van der Waals surface area contributed by atoms with E-state index in [0.717, 1.165) is 6.20 Å². The van der Waals surface area contributed by atoms with Crippen LogP contribution in [0, 0.1) is 0 Å². The summed E-state index contributed by atoms with van der Waals surface area (Å²) < 4.78 is 43.4. The van der Waals surface area contributed by atoms with E-state index in [0.29, 0.717) is 16.5 Å². The largest absolute Gasteiger partial charge is 0.504 e. The second-order valence-corrected chi connectivity index (χ2v) is 4.60. The molecule has 0 unspecified atom stereocenters. The normalized spacial score (nSPS) is 11.8. The van der Waals surface area contributed by atoms with Crippen LogP contribution in [-0.4, -0.2) is 20.8 Å². The Morgan fingerprint density at radius 3 is 2.64 bits per heavy atom. The fraction of sp³-hybridized carbons (Fsp3) is 0.143. The molecule has 0 aliphatic rings. The van der Waals surface area contributed by atoms with Crippen LogP contribution >= 0.6 is 11.6 Å². The van der Waals surface area contributed by atoms with Crippen LogP contribution in [0.3, 0.4) is 0 Å². The molecule has 0 spiro atoms. The first-order valence-electron chi connectivity index (χ1n) is 6.20. The van der Waals surface area contributed by atoms with Crippen molar-refractivity contribution in [3.8, 4) is 17.0 Å². The van der Waals surface area contributed by atoms with Gasteiger partial charge in [0.2, 0.25) is 0 Å². The van der Waals surface area contributed by atoms with E-state index in [1.807, 2.05) is 0 Å². The van der Waals surface area contributed by atoms with E-state index in [2.05, 4.69) is 10.1 Å². The van der Waals surface area contributed by atoms with Crippen molar-refractivity contribution in [3.63, 3.8) is 0 Å². The highest BCUT2D eigenvalue weighted by Crippen LogP contribution is 2.36. The topological polar surface area (TPSA) is 39.9 Å². The molecular formula is C14H9ClF3N3O. The summed E-state index contributed by atoms with van der Waals surface area (Å²) in [4.78, 5) is 4.20. The zero-order valence-corrected chi connectivity index (χ0v) is 11.8. The highest BCUT2D eigenvalue weighted by molar-refractivity contribution is 6.17. The number of fused-ring (bicyclic) bond motifs is 1. The van der Waals surface area contributed by atoms with Crippen LogP contribution in [0.15, 0.2) is 42.7 Å².